The molecule has 1 saturated carbocycles. The van der Waals surface area contributed by atoms with Crippen molar-refractivity contribution >= 4 is 11.7 Å². The van der Waals surface area contributed by atoms with E-state index in [1.54, 1.807) is 19.2 Å². The molecule has 1 aliphatic heterocycles. The fourth-order valence-electron chi connectivity index (χ4n) is 3.58. The number of carbonyl (C=O) groups excluding carboxylic acids is 2. The monoisotopic (exact) mass is 417 g/mol. The Balaban J connectivity index is 1.86. The Morgan fingerprint density at radius 1 is 1.17 bits per heavy atom. The van der Waals surface area contributed by atoms with Crippen LogP contribution in [0.5, 0.6) is 0 Å². The summed E-state index contributed by atoms with van der Waals surface area (Å²) in [7, 11) is 1.24. The van der Waals surface area contributed by atoms with Gasteiger partial charge in [0.15, 0.2) is 11.6 Å². The number of ether oxygens (including phenoxy) is 4. The molecular formula is C19H22F3NO6. The molecule has 0 aromatic heterocycles. The van der Waals surface area contributed by atoms with Gasteiger partial charge in [-0.05, 0) is 19.4 Å². The molecule has 0 radical (unpaired) electrons. The lowest BCUT2D eigenvalue weighted by atomic mass is 9.84. The highest BCUT2D eigenvalue weighted by Gasteiger charge is 2.60. The predicted octanol–water partition coefficient (Wildman–Crippen LogP) is 1.74. The summed E-state index contributed by atoms with van der Waals surface area (Å²) in [5, 5.41) is 1.72. The van der Waals surface area contributed by atoms with E-state index < -0.39 is 54.1 Å². The molecule has 1 aliphatic carbocycles. The fraction of sp³-hybridized carbons (Fsp3) is 0.579. The maximum atomic E-state index is 12.9. The molecule has 160 valence electrons. The van der Waals surface area contributed by atoms with Crippen LogP contribution in [0.1, 0.15) is 19.4 Å². The number of alkyl halides is 3. The zero-order valence-electron chi connectivity index (χ0n) is 16.1. The lowest BCUT2D eigenvalue weighted by Gasteiger charge is -2.40. The maximum absolute atomic E-state index is 12.9. The number of ketones is 1. The summed E-state index contributed by atoms with van der Waals surface area (Å²) >= 11 is 0. The molecule has 7 nitrogen and oxygen atoms in total. The van der Waals surface area contributed by atoms with Crippen LogP contribution in [0.2, 0.25) is 0 Å². The summed E-state index contributed by atoms with van der Waals surface area (Å²) in [4.78, 5) is 24.3. The van der Waals surface area contributed by atoms with Gasteiger partial charge in [0.1, 0.15) is 30.5 Å². The van der Waals surface area contributed by atoms with E-state index in [0.29, 0.717) is 0 Å². The van der Waals surface area contributed by atoms with Gasteiger partial charge in [-0.1, -0.05) is 30.3 Å². The minimum atomic E-state index is -5.14. The zero-order chi connectivity index (χ0) is 21.4. The molecule has 0 bridgehead atoms. The van der Waals surface area contributed by atoms with Gasteiger partial charge in [0, 0.05) is 7.11 Å². The molecular weight excluding hydrogens is 395 g/mol. The third-order valence-electron chi connectivity index (χ3n) is 4.78. The summed E-state index contributed by atoms with van der Waals surface area (Å²) in [5.74, 6) is -4.19. The lowest BCUT2D eigenvalue weighted by Crippen LogP contribution is -2.67. The number of methoxy groups -OCH3 is 1. The standard InChI is InChI=1S/C19H22F3NO6/c1-18(2)28-13-11(23-17(25)19(20,21)22)12(24)14(26-3)15(16(13)29-18)27-9-10-7-5-4-6-8-10/h4-8,11,13-16H,9H2,1-3H3,(H,23,25)/t11-,13+,14+,15+,16+/m1/s1. The van der Waals surface area contributed by atoms with Crippen molar-refractivity contribution in [2.75, 3.05) is 7.11 Å². The molecule has 29 heavy (non-hydrogen) atoms. The highest BCUT2D eigenvalue weighted by atomic mass is 19.4. The Kier molecular flexibility index (Phi) is 6.00. The maximum Gasteiger partial charge on any atom is 0.471 e. The SMILES string of the molecule is CO[C@H]1C(=O)[C@@H](NC(=O)C(F)(F)F)[C@@H]2OC(C)(C)O[C@@H]2[C@H]1OCc1ccccc1. The second kappa shape index (κ2) is 8.02. The number of Topliss-reactive ketones (excluding diaryl/α,β-unsaturated/α-hetero) is 1. The second-order valence-electron chi connectivity index (χ2n) is 7.33. The summed E-state index contributed by atoms with van der Waals surface area (Å²) < 4.78 is 60.8. The van der Waals surface area contributed by atoms with Crippen molar-refractivity contribution in [1.82, 2.24) is 5.32 Å². The third kappa shape index (κ3) is 4.61. The molecule has 0 unspecified atom stereocenters. The van der Waals surface area contributed by atoms with Crippen LogP contribution in [0.3, 0.4) is 0 Å². The lowest BCUT2D eigenvalue weighted by molar-refractivity contribution is -0.183. The molecule has 1 aromatic carbocycles. The van der Waals surface area contributed by atoms with Gasteiger partial charge in [0.05, 0.1) is 6.61 Å². The third-order valence-corrected chi connectivity index (χ3v) is 4.78. The molecule has 0 spiro atoms. The van der Waals surface area contributed by atoms with Gasteiger partial charge in [0.25, 0.3) is 0 Å². The Bertz CT molecular complexity index is 754. The Labute approximate surface area is 165 Å². The van der Waals surface area contributed by atoms with Crippen LogP contribution in [0.4, 0.5) is 13.2 Å². The smallest absolute Gasteiger partial charge is 0.371 e. The number of rotatable bonds is 5. The normalized spacial score (nSPS) is 31.4. The summed E-state index contributed by atoms with van der Waals surface area (Å²) in [5.41, 5.74) is 0.831. The molecule has 1 amide bonds. The molecule has 3 rings (SSSR count). The number of hydrogen-bond donors (Lipinski definition) is 1. The van der Waals surface area contributed by atoms with E-state index >= 15 is 0 Å². The number of fused-ring (bicyclic) bond motifs is 1. The van der Waals surface area contributed by atoms with Gasteiger partial charge in [-0.2, -0.15) is 13.2 Å². The first-order valence-corrected chi connectivity index (χ1v) is 8.99. The minimum Gasteiger partial charge on any atom is -0.371 e. The molecule has 1 N–H and O–H groups in total. The molecule has 2 fully saturated rings. The number of amides is 1. The van der Waals surface area contributed by atoms with E-state index in [4.69, 9.17) is 18.9 Å². The number of carbonyl (C=O) groups is 2. The van der Waals surface area contributed by atoms with Crippen LogP contribution in [-0.2, 0) is 35.1 Å². The highest BCUT2D eigenvalue weighted by molar-refractivity contribution is 5.95. The first kappa shape index (κ1) is 21.7. The van der Waals surface area contributed by atoms with Gasteiger partial charge in [0.2, 0.25) is 0 Å². The highest BCUT2D eigenvalue weighted by Crippen LogP contribution is 2.38. The Hall–Kier alpha value is -2.01. The number of hydrogen-bond acceptors (Lipinski definition) is 6. The van der Waals surface area contributed by atoms with E-state index in [0.717, 1.165) is 5.56 Å². The average Bonchev–Trinajstić information content (AvgIpc) is 2.97. The summed E-state index contributed by atoms with van der Waals surface area (Å²) in [6.07, 6.45) is -9.39. The molecule has 5 atom stereocenters. The van der Waals surface area contributed by atoms with Crippen molar-refractivity contribution in [3.05, 3.63) is 35.9 Å². The van der Waals surface area contributed by atoms with E-state index in [9.17, 15) is 22.8 Å². The second-order valence-corrected chi connectivity index (χ2v) is 7.33. The van der Waals surface area contributed by atoms with Crippen LogP contribution in [-0.4, -0.2) is 61.2 Å². The van der Waals surface area contributed by atoms with Crippen LogP contribution in [0.15, 0.2) is 30.3 Å². The van der Waals surface area contributed by atoms with E-state index in [1.165, 1.54) is 7.11 Å². The minimum absolute atomic E-state index is 0.130. The molecule has 1 saturated heterocycles. The number of nitrogens with one attached hydrogen (secondary N) is 1. The average molecular weight is 417 g/mol. The molecule has 1 aromatic rings. The van der Waals surface area contributed by atoms with Crippen molar-refractivity contribution < 1.29 is 41.7 Å². The quantitative estimate of drug-likeness (QED) is 0.786. The first-order chi connectivity index (χ1) is 13.5. The fourth-order valence-corrected chi connectivity index (χ4v) is 3.58. The topological polar surface area (TPSA) is 83.1 Å². The first-order valence-electron chi connectivity index (χ1n) is 8.99. The van der Waals surface area contributed by atoms with Gasteiger partial charge in [-0.15, -0.1) is 0 Å². The van der Waals surface area contributed by atoms with Crippen molar-refractivity contribution in [3.8, 4) is 0 Å². The Morgan fingerprint density at radius 2 is 1.79 bits per heavy atom. The van der Waals surface area contributed by atoms with Crippen molar-refractivity contribution in [1.29, 1.82) is 0 Å². The van der Waals surface area contributed by atoms with Crippen LogP contribution in [0.25, 0.3) is 0 Å². The van der Waals surface area contributed by atoms with E-state index in [2.05, 4.69) is 0 Å². The van der Waals surface area contributed by atoms with Crippen molar-refractivity contribution in [2.24, 2.45) is 0 Å². The molecule has 10 heteroatoms. The van der Waals surface area contributed by atoms with Crippen molar-refractivity contribution in [3.63, 3.8) is 0 Å². The van der Waals surface area contributed by atoms with E-state index in [-0.39, 0.29) is 6.61 Å². The zero-order valence-corrected chi connectivity index (χ0v) is 16.1. The van der Waals surface area contributed by atoms with Crippen LogP contribution in [0, 0.1) is 0 Å². The number of halogens is 3. The largest absolute Gasteiger partial charge is 0.471 e. The van der Waals surface area contributed by atoms with Gasteiger partial charge < -0.3 is 24.3 Å². The molecule has 2 aliphatic rings. The summed E-state index contributed by atoms with van der Waals surface area (Å²) in [6, 6.07) is 7.55. The Morgan fingerprint density at radius 3 is 2.38 bits per heavy atom. The van der Waals surface area contributed by atoms with Crippen LogP contribution >= 0.6 is 0 Å². The predicted molar refractivity (Wildman–Crippen MR) is 92.6 cm³/mol. The van der Waals surface area contributed by atoms with E-state index in [1.807, 2.05) is 30.3 Å². The van der Waals surface area contributed by atoms with Gasteiger partial charge >= 0.3 is 12.1 Å². The van der Waals surface area contributed by atoms with Gasteiger partial charge in [-0.3, -0.25) is 9.59 Å². The van der Waals surface area contributed by atoms with Gasteiger partial charge in [-0.25, -0.2) is 0 Å². The summed E-state index contributed by atoms with van der Waals surface area (Å²) in [6.45, 7) is 3.26. The van der Waals surface area contributed by atoms with Crippen molar-refractivity contribution in [2.45, 2.75) is 62.9 Å². The van der Waals surface area contributed by atoms with Crippen LogP contribution < -0.4 is 5.32 Å². The number of benzene rings is 1. The molecule has 1 heterocycles.